The fraction of sp³-hybridized carbons (Fsp3) is 0.900. The zero-order valence-electron chi connectivity index (χ0n) is 9.34. The molecule has 3 nitrogen and oxygen atoms in total. The summed E-state index contributed by atoms with van der Waals surface area (Å²) in [6.07, 6.45) is 8.27. The molecule has 0 aromatic heterocycles. The van der Waals surface area contributed by atoms with E-state index in [1.54, 1.807) is 7.05 Å². The summed E-state index contributed by atoms with van der Waals surface area (Å²) in [6, 6.07) is 0.376. The minimum atomic E-state index is -0.0362. The molecule has 1 saturated carbocycles. The molecule has 0 aromatic rings. The molecule has 0 aliphatic heterocycles. The highest BCUT2D eigenvalue weighted by atomic mass is 32.2. The second-order valence-electron chi connectivity index (χ2n) is 4.36. The van der Waals surface area contributed by atoms with Crippen LogP contribution in [0.15, 0.2) is 0 Å². The number of amides is 2. The lowest BCUT2D eigenvalue weighted by molar-refractivity contribution is 0.239. The van der Waals surface area contributed by atoms with Crippen molar-refractivity contribution in [2.45, 2.75) is 25.3 Å². The van der Waals surface area contributed by atoms with E-state index in [0.29, 0.717) is 6.04 Å². The van der Waals surface area contributed by atoms with Gasteiger partial charge in [0.25, 0.3) is 0 Å². The Bertz CT molecular complexity index is 197. The summed E-state index contributed by atoms with van der Waals surface area (Å²) < 4.78 is 0. The molecule has 2 unspecified atom stereocenters. The van der Waals surface area contributed by atoms with E-state index in [0.717, 1.165) is 12.3 Å². The lowest BCUT2D eigenvalue weighted by Crippen LogP contribution is -2.39. The van der Waals surface area contributed by atoms with E-state index in [1.165, 1.54) is 18.6 Å². The third kappa shape index (κ3) is 3.78. The normalized spacial score (nSPS) is 27.2. The largest absolute Gasteiger partial charge is 0.341 e. The van der Waals surface area contributed by atoms with Crippen molar-refractivity contribution in [2.75, 3.05) is 25.3 Å². The fourth-order valence-corrected chi connectivity index (χ4v) is 3.51. The minimum absolute atomic E-state index is 0.0362. The maximum Gasteiger partial charge on any atom is 0.314 e. The van der Waals surface area contributed by atoms with Gasteiger partial charge in [-0.3, -0.25) is 10.9 Å². The molecule has 1 aliphatic rings. The highest BCUT2D eigenvalue weighted by molar-refractivity contribution is 8.15. The summed E-state index contributed by atoms with van der Waals surface area (Å²) in [5.74, 6) is 2.21. The maximum atomic E-state index is 11.1. The molecule has 0 spiro atoms. The summed E-state index contributed by atoms with van der Waals surface area (Å²) in [5.41, 5.74) is 0. The van der Waals surface area contributed by atoms with E-state index < -0.39 is 0 Å². The first-order valence-corrected chi connectivity index (χ1v) is 7.67. The van der Waals surface area contributed by atoms with Gasteiger partial charge in [-0.25, -0.2) is 4.79 Å². The van der Waals surface area contributed by atoms with Crippen LogP contribution in [0, 0.1) is 5.92 Å². The number of thiol groups is 1. The van der Waals surface area contributed by atoms with Crippen LogP contribution in [0.3, 0.4) is 0 Å². The van der Waals surface area contributed by atoms with Crippen LogP contribution < -0.4 is 10.6 Å². The number of carbonyl (C=O) groups excluding carboxylic acids is 1. The fourth-order valence-electron chi connectivity index (χ4n) is 2.15. The minimum Gasteiger partial charge on any atom is -0.341 e. The Balaban J connectivity index is 2.23. The van der Waals surface area contributed by atoms with E-state index in [9.17, 15) is 4.79 Å². The van der Waals surface area contributed by atoms with E-state index in [1.807, 2.05) is 0 Å². The van der Waals surface area contributed by atoms with E-state index in [-0.39, 0.29) is 16.9 Å². The zero-order chi connectivity index (χ0) is 10.6. The molecule has 1 fully saturated rings. The maximum absolute atomic E-state index is 11.1. The van der Waals surface area contributed by atoms with Gasteiger partial charge in [-0.1, -0.05) is 0 Å². The average Bonchev–Trinajstić information content (AvgIpc) is 2.51. The van der Waals surface area contributed by atoms with E-state index in [4.69, 9.17) is 0 Å². The highest BCUT2D eigenvalue weighted by Gasteiger charge is 2.25. The van der Waals surface area contributed by atoms with Crippen LogP contribution in [0.5, 0.6) is 0 Å². The first-order valence-electron chi connectivity index (χ1n) is 5.24. The Morgan fingerprint density at radius 1 is 1.43 bits per heavy atom. The van der Waals surface area contributed by atoms with Gasteiger partial charge < -0.3 is 10.6 Å². The van der Waals surface area contributed by atoms with Crippen LogP contribution in [-0.2, 0) is 0 Å². The van der Waals surface area contributed by atoms with Gasteiger partial charge in [0.05, 0.1) is 0 Å². The molecule has 0 aromatic carbocycles. The third-order valence-electron chi connectivity index (χ3n) is 2.73. The molecular weight excluding hydrogens is 196 g/mol. The van der Waals surface area contributed by atoms with Crippen molar-refractivity contribution in [3.8, 4) is 0 Å². The molecule has 0 radical (unpaired) electrons. The van der Waals surface area contributed by atoms with Crippen LogP contribution in [0.25, 0.3) is 0 Å². The van der Waals surface area contributed by atoms with Crippen molar-refractivity contribution < 1.29 is 4.79 Å². The molecule has 0 bridgehead atoms. The molecule has 4 heteroatoms. The Labute approximate surface area is 89.4 Å². The quantitative estimate of drug-likeness (QED) is 0.615. The predicted octanol–water partition coefficient (Wildman–Crippen LogP) is 1.34. The zero-order valence-corrected chi connectivity index (χ0v) is 10.2. The lowest BCUT2D eigenvalue weighted by Gasteiger charge is -2.16. The molecule has 2 amide bonds. The highest BCUT2D eigenvalue weighted by Crippen LogP contribution is 2.31. The van der Waals surface area contributed by atoms with Crippen LogP contribution in [0.4, 0.5) is 4.79 Å². The first-order chi connectivity index (χ1) is 6.61. The van der Waals surface area contributed by atoms with Gasteiger partial charge in [-0.15, -0.1) is 0 Å². The summed E-state index contributed by atoms with van der Waals surface area (Å²) in [6.45, 7) is 0. The molecule has 2 atom stereocenters. The summed E-state index contributed by atoms with van der Waals surface area (Å²) in [7, 11) is 1.88. The molecule has 84 valence electrons. The molecule has 1 aliphatic carbocycles. The molecule has 0 heterocycles. The summed E-state index contributed by atoms with van der Waals surface area (Å²) in [5, 5.41) is 5.59. The van der Waals surface area contributed by atoms with E-state index in [2.05, 4.69) is 23.1 Å². The number of hydrogen-bond donors (Lipinski definition) is 3. The van der Waals surface area contributed by atoms with Crippen molar-refractivity contribution in [1.82, 2.24) is 10.6 Å². The van der Waals surface area contributed by atoms with Gasteiger partial charge in [0, 0.05) is 13.1 Å². The van der Waals surface area contributed by atoms with Crippen molar-refractivity contribution in [3.63, 3.8) is 0 Å². The first kappa shape index (κ1) is 11.7. The van der Waals surface area contributed by atoms with E-state index >= 15 is 0 Å². The monoisotopic (exact) mass is 218 g/mol. The topological polar surface area (TPSA) is 41.1 Å². The summed E-state index contributed by atoms with van der Waals surface area (Å²) in [4.78, 5) is 11.1. The third-order valence-corrected chi connectivity index (χ3v) is 3.97. The standard InChI is InChI=1S/C10H22N2OS/c1-11-10(13)12-9-5-4-8(6-9)7-14(2)3/h8-9,14H,4-7H2,1-3H3,(H2,11,12,13). The second-order valence-corrected chi connectivity index (χ2v) is 6.89. The average molecular weight is 218 g/mol. The van der Waals surface area contributed by atoms with Crippen LogP contribution in [0.2, 0.25) is 0 Å². The lowest BCUT2D eigenvalue weighted by atomic mass is 10.1. The Hall–Kier alpha value is -0.380. The number of carbonyl (C=O) groups is 1. The molecule has 1 rings (SSSR count). The van der Waals surface area contributed by atoms with Gasteiger partial charge in [-0.05, 0) is 43.4 Å². The van der Waals surface area contributed by atoms with Gasteiger partial charge in [0.2, 0.25) is 0 Å². The van der Waals surface area contributed by atoms with Crippen molar-refractivity contribution in [3.05, 3.63) is 0 Å². The van der Waals surface area contributed by atoms with Gasteiger partial charge in [0.15, 0.2) is 0 Å². The van der Waals surface area contributed by atoms with Gasteiger partial charge in [0.1, 0.15) is 0 Å². The van der Waals surface area contributed by atoms with Gasteiger partial charge in [-0.2, -0.15) is 0 Å². The van der Waals surface area contributed by atoms with Crippen molar-refractivity contribution >= 4 is 16.9 Å². The Morgan fingerprint density at radius 3 is 2.71 bits per heavy atom. The number of hydrogen-bond acceptors (Lipinski definition) is 1. The predicted molar refractivity (Wildman–Crippen MR) is 64.4 cm³/mol. The summed E-state index contributed by atoms with van der Waals surface area (Å²) >= 11 is 0. The van der Waals surface area contributed by atoms with Crippen LogP contribution in [0.1, 0.15) is 19.3 Å². The van der Waals surface area contributed by atoms with Crippen molar-refractivity contribution in [2.24, 2.45) is 5.92 Å². The van der Waals surface area contributed by atoms with Gasteiger partial charge >= 0.3 is 6.03 Å². The smallest absolute Gasteiger partial charge is 0.314 e. The second kappa shape index (κ2) is 5.49. The van der Waals surface area contributed by atoms with Crippen molar-refractivity contribution in [1.29, 1.82) is 0 Å². The van der Waals surface area contributed by atoms with Crippen LogP contribution >= 0.6 is 10.9 Å². The molecule has 2 N–H and O–H groups in total. The van der Waals surface area contributed by atoms with Crippen LogP contribution in [-0.4, -0.2) is 37.4 Å². The Morgan fingerprint density at radius 2 is 2.14 bits per heavy atom. The number of urea groups is 1. The Kier molecular flexibility index (Phi) is 4.58. The number of rotatable bonds is 3. The molecule has 14 heavy (non-hydrogen) atoms. The SMILES string of the molecule is CNC(=O)NC1CCC(C[SH](C)C)C1. The molecular formula is C10H22N2OS. The molecule has 0 saturated heterocycles. The number of nitrogens with one attached hydrogen (secondary N) is 2.